The topological polar surface area (TPSA) is 75.7 Å². The molecule has 16 heavy (non-hydrogen) atoms. The number of hydrogen-bond donors (Lipinski definition) is 2. The molecule has 0 aliphatic heterocycles. The number of nitrogens with two attached hydrogens (primary N) is 1. The van der Waals surface area contributed by atoms with Gasteiger partial charge in [-0.2, -0.15) is 0 Å². The maximum Gasteiger partial charge on any atom is 0.141 e. The van der Waals surface area contributed by atoms with Crippen molar-refractivity contribution in [2.75, 3.05) is 0 Å². The molecule has 0 radical (unpaired) electrons. The number of aromatic nitrogens is 2. The fourth-order valence-corrected chi connectivity index (χ4v) is 1.99. The van der Waals surface area contributed by atoms with Crippen LogP contribution in [0.3, 0.4) is 0 Å². The van der Waals surface area contributed by atoms with Crippen LogP contribution in [0.1, 0.15) is 5.69 Å². The number of nitrogen functional groups attached to an aromatic ring is 1. The van der Waals surface area contributed by atoms with Gasteiger partial charge >= 0.3 is 0 Å². The summed E-state index contributed by atoms with van der Waals surface area (Å²) in [5.74, 6) is -0.0165. The monoisotopic (exact) mass is 230 g/mol. The van der Waals surface area contributed by atoms with Crippen molar-refractivity contribution >= 4 is 17.6 Å². The van der Waals surface area contributed by atoms with Crippen molar-refractivity contribution in [2.45, 2.75) is 9.79 Å². The summed E-state index contributed by atoms with van der Waals surface area (Å²) in [4.78, 5) is 10.1. The molecular weight excluding hydrogens is 220 g/mol. The summed E-state index contributed by atoms with van der Waals surface area (Å²) in [5.41, 5.74) is 5.88. The first kappa shape index (κ1) is 10.6. The fourth-order valence-electron chi connectivity index (χ4n) is 1.16. The van der Waals surface area contributed by atoms with Gasteiger partial charge in [-0.1, -0.05) is 11.8 Å². The predicted molar refractivity (Wildman–Crippen MR) is 63.6 cm³/mol. The molecule has 4 nitrogen and oxygen atoms in total. The van der Waals surface area contributed by atoms with E-state index in [1.807, 2.05) is 18.2 Å². The van der Waals surface area contributed by atoms with Crippen LogP contribution in [-0.2, 0) is 0 Å². The molecule has 0 fully saturated rings. The molecule has 0 atom stereocenters. The van der Waals surface area contributed by atoms with Crippen molar-refractivity contribution in [3.05, 3.63) is 48.5 Å². The third kappa shape index (κ3) is 2.58. The lowest BCUT2D eigenvalue weighted by molar-refractivity contribution is 1.20. The molecule has 3 N–H and O–H groups in total. The van der Waals surface area contributed by atoms with Crippen molar-refractivity contribution in [1.82, 2.24) is 9.97 Å². The van der Waals surface area contributed by atoms with Crippen LogP contribution >= 0.6 is 11.8 Å². The lowest BCUT2D eigenvalue weighted by Crippen LogP contribution is -2.12. The lowest BCUT2D eigenvalue weighted by Gasteiger charge is -2.02. The minimum atomic E-state index is -0.0165. The number of amidine groups is 1. The summed E-state index contributed by atoms with van der Waals surface area (Å²) in [6, 6.07) is 7.54. The molecule has 0 spiro atoms. The number of pyridine rings is 2. The smallest absolute Gasteiger partial charge is 0.141 e. The first-order valence-electron chi connectivity index (χ1n) is 4.64. The van der Waals surface area contributed by atoms with E-state index < -0.39 is 0 Å². The van der Waals surface area contributed by atoms with E-state index in [0.717, 1.165) is 9.79 Å². The number of nitrogens with one attached hydrogen (secondary N) is 1. The van der Waals surface area contributed by atoms with E-state index in [1.165, 1.54) is 0 Å². The molecule has 2 heterocycles. The van der Waals surface area contributed by atoms with Crippen molar-refractivity contribution < 1.29 is 0 Å². The Labute approximate surface area is 97.4 Å². The molecule has 0 bridgehead atoms. The highest BCUT2D eigenvalue weighted by Gasteiger charge is 2.01. The molecule has 0 saturated heterocycles. The first-order chi connectivity index (χ1) is 7.75. The Hall–Kier alpha value is -1.88. The van der Waals surface area contributed by atoms with Crippen molar-refractivity contribution in [3.8, 4) is 0 Å². The lowest BCUT2D eigenvalue weighted by atomic mass is 10.3. The maximum atomic E-state index is 7.31. The molecule has 2 aromatic heterocycles. The Morgan fingerprint density at radius 2 is 1.81 bits per heavy atom. The van der Waals surface area contributed by atoms with Gasteiger partial charge in [0, 0.05) is 28.4 Å². The van der Waals surface area contributed by atoms with E-state index in [4.69, 9.17) is 11.1 Å². The van der Waals surface area contributed by atoms with Gasteiger partial charge in [-0.05, 0) is 24.3 Å². The van der Waals surface area contributed by atoms with Crippen molar-refractivity contribution in [3.63, 3.8) is 0 Å². The Morgan fingerprint density at radius 1 is 1.12 bits per heavy atom. The second-order valence-electron chi connectivity index (χ2n) is 3.08. The van der Waals surface area contributed by atoms with Gasteiger partial charge < -0.3 is 5.73 Å². The second-order valence-corrected chi connectivity index (χ2v) is 4.22. The SMILES string of the molecule is N=C(N)c1cc(Sc2ccncc2)ccn1. The standard InChI is InChI=1S/C11H10N4S/c12-11(13)10-7-9(3-6-15-10)16-8-1-4-14-5-2-8/h1-7H,(H3,12,13). The quantitative estimate of drug-likeness (QED) is 0.624. The predicted octanol–water partition coefficient (Wildman–Crippen LogP) is 1.91. The number of rotatable bonds is 3. The summed E-state index contributed by atoms with van der Waals surface area (Å²) >= 11 is 1.59. The largest absolute Gasteiger partial charge is 0.382 e. The van der Waals surface area contributed by atoms with Crippen LogP contribution in [0, 0.1) is 5.41 Å². The van der Waals surface area contributed by atoms with Crippen LogP contribution in [0.5, 0.6) is 0 Å². The zero-order chi connectivity index (χ0) is 11.4. The zero-order valence-electron chi connectivity index (χ0n) is 8.42. The third-order valence-corrected chi connectivity index (χ3v) is 2.89. The molecule has 0 amide bonds. The highest BCUT2D eigenvalue weighted by molar-refractivity contribution is 7.99. The molecule has 0 saturated carbocycles. The van der Waals surface area contributed by atoms with E-state index in [1.54, 1.807) is 36.4 Å². The van der Waals surface area contributed by atoms with E-state index in [-0.39, 0.29) is 5.84 Å². The molecule has 2 aromatic rings. The Balaban J connectivity index is 2.22. The highest BCUT2D eigenvalue weighted by atomic mass is 32.2. The Bertz CT molecular complexity index is 498. The average molecular weight is 230 g/mol. The van der Waals surface area contributed by atoms with Crippen LogP contribution < -0.4 is 5.73 Å². The van der Waals surface area contributed by atoms with Gasteiger partial charge in [0.1, 0.15) is 11.5 Å². The van der Waals surface area contributed by atoms with Gasteiger partial charge in [-0.3, -0.25) is 15.4 Å². The van der Waals surface area contributed by atoms with Crippen molar-refractivity contribution in [1.29, 1.82) is 5.41 Å². The first-order valence-corrected chi connectivity index (χ1v) is 5.45. The minimum absolute atomic E-state index is 0.0165. The maximum absolute atomic E-state index is 7.31. The average Bonchev–Trinajstić information content (AvgIpc) is 2.30. The van der Waals surface area contributed by atoms with Gasteiger partial charge in [0.2, 0.25) is 0 Å². The Morgan fingerprint density at radius 3 is 2.50 bits per heavy atom. The molecular formula is C11H10N4S. The van der Waals surface area contributed by atoms with Crippen molar-refractivity contribution in [2.24, 2.45) is 5.73 Å². The van der Waals surface area contributed by atoms with Gasteiger partial charge in [-0.15, -0.1) is 0 Å². The number of hydrogen-bond acceptors (Lipinski definition) is 4. The molecule has 5 heteroatoms. The fraction of sp³-hybridized carbons (Fsp3) is 0. The van der Waals surface area contributed by atoms with Crippen LogP contribution in [0.4, 0.5) is 0 Å². The van der Waals surface area contributed by atoms with Crippen LogP contribution in [0.15, 0.2) is 52.6 Å². The van der Waals surface area contributed by atoms with Crippen LogP contribution in [0.25, 0.3) is 0 Å². The summed E-state index contributed by atoms with van der Waals surface area (Å²) in [6.07, 6.45) is 5.14. The van der Waals surface area contributed by atoms with E-state index in [0.29, 0.717) is 5.69 Å². The molecule has 0 aromatic carbocycles. The third-order valence-electron chi connectivity index (χ3n) is 1.89. The van der Waals surface area contributed by atoms with Crippen LogP contribution in [-0.4, -0.2) is 15.8 Å². The summed E-state index contributed by atoms with van der Waals surface area (Å²) in [7, 11) is 0. The summed E-state index contributed by atoms with van der Waals surface area (Å²) < 4.78 is 0. The number of nitrogens with zero attached hydrogens (tertiary/aromatic N) is 2. The molecule has 80 valence electrons. The van der Waals surface area contributed by atoms with E-state index >= 15 is 0 Å². The second kappa shape index (κ2) is 4.76. The summed E-state index contributed by atoms with van der Waals surface area (Å²) in [5, 5.41) is 7.31. The molecule has 0 aliphatic rings. The normalized spacial score (nSPS) is 10.0. The summed E-state index contributed by atoms with van der Waals surface area (Å²) in [6.45, 7) is 0. The minimum Gasteiger partial charge on any atom is -0.382 e. The molecule has 2 rings (SSSR count). The van der Waals surface area contributed by atoms with E-state index in [9.17, 15) is 0 Å². The highest BCUT2D eigenvalue weighted by Crippen LogP contribution is 2.26. The molecule has 0 unspecified atom stereocenters. The Kier molecular flexibility index (Phi) is 3.16. The van der Waals surface area contributed by atoms with Gasteiger partial charge in [0.05, 0.1) is 0 Å². The van der Waals surface area contributed by atoms with Gasteiger partial charge in [0.25, 0.3) is 0 Å². The van der Waals surface area contributed by atoms with Gasteiger partial charge in [-0.25, -0.2) is 0 Å². The molecule has 0 aliphatic carbocycles. The zero-order valence-corrected chi connectivity index (χ0v) is 9.24. The van der Waals surface area contributed by atoms with Crippen LogP contribution in [0.2, 0.25) is 0 Å². The van der Waals surface area contributed by atoms with Gasteiger partial charge in [0.15, 0.2) is 0 Å². The van der Waals surface area contributed by atoms with E-state index in [2.05, 4.69) is 9.97 Å².